The van der Waals surface area contributed by atoms with Crippen LogP contribution in [0.15, 0.2) is 0 Å². The molecule has 254 valence electrons. The second-order valence-corrected chi connectivity index (χ2v) is 0. The molecule has 0 aromatic heterocycles. The summed E-state index contributed by atoms with van der Waals surface area (Å²) >= 11 is 0. The largest absolute Gasteiger partial charge is 0.412 e. The SMILES string of the molecule is CO.O.O.O.O.O.O.O.O.O.O.O.O.O.O.O.O.O.O.O.O.O.O.O.O.O.O.O.O.O.O. The molecule has 31 heteroatoms. The van der Waals surface area contributed by atoms with Crippen LogP contribution in [-0.2, 0) is 0 Å². The van der Waals surface area contributed by atoms with Gasteiger partial charge >= 0.3 is 0 Å². The Bertz CT molecular complexity index is 6.42. The molecule has 0 aromatic rings. The Kier molecular flexibility index (Phi) is 237000000. The maximum atomic E-state index is 7.00. The van der Waals surface area contributed by atoms with E-state index in [1.54, 1.807) is 0 Å². The van der Waals surface area contributed by atoms with E-state index in [4.69, 9.17) is 5.11 Å². The summed E-state index contributed by atoms with van der Waals surface area (Å²) in [4.78, 5) is 0. The number of aliphatic hydroxyl groups is 1. The lowest BCUT2D eigenvalue weighted by molar-refractivity contribution is 0.399. The van der Waals surface area contributed by atoms with Gasteiger partial charge in [0.1, 0.15) is 0 Å². The summed E-state index contributed by atoms with van der Waals surface area (Å²) in [7, 11) is 1.00. The van der Waals surface area contributed by atoms with Gasteiger partial charge in [0, 0.05) is 7.11 Å². The Balaban J connectivity index is -0.0000000000115. The maximum absolute atomic E-state index is 7.00. The number of rotatable bonds is 0. The average Bonchev–Trinajstić information content (AvgIpc) is 1.00. The highest BCUT2D eigenvalue weighted by Gasteiger charge is 0.839. The third-order valence-corrected chi connectivity index (χ3v) is 0. The molecule has 0 atom stereocenters. The van der Waals surface area contributed by atoms with Crippen LogP contribution in [0.4, 0.5) is 0 Å². The lowest BCUT2D eigenvalue weighted by atomic mass is 11.8. The van der Waals surface area contributed by atoms with Crippen molar-refractivity contribution in [3.05, 3.63) is 0 Å². The molecule has 0 saturated carbocycles. The molecule has 0 amide bonds. The molecule has 31 nitrogen and oxygen atoms in total. The van der Waals surface area contributed by atoms with Crippen LogP contribution in [0.3, 0.4) is 0 Å². The Labute approximate surface area is 178 Å². The van der Waals surface area contributed by atoms with Gasteiger partial charge in [-0.15, -0.1) is 0 Å². The van der Waals surface area contributed by atoms with Gasteiger partial charge in [0.2, 0.25) is 0 Å². The monoisotopic (exact) mass is 572 g/mol. The van der Waals surface area contributed by atoms with E-state index in [-0.39, 0.29) is 164 Å². The van der Waals surface area contributed by atoms with Crippen LogP contribution in [0, 0.1) is 0 Å². The summed E-state index contributed by atoms with van der Waals surface area (Å²) in [6.45, 7) is 0. The minimum absolute atomic E-state index is 0. The summed E-state index contributed by atoms with van der Waals surface area (Å²) in [5.41, 5.74) is 0. The van der Waals surface area contributed by atoms with Gasteiger partial charge in [0.05, 0.1) is 0 Å². The van der Waals surface area contributed by atoms with Crippen molar-refractivity contribution in [2.24, 2.45) is 0 Å². The van der Waals surface area contributed by atoms with Crippen molar-refractivity contribution in [2.75, 3.05) is 7.11 Å². The predicted molar refractivity (Wildman–Crippen MR) is 117 cm³/mol. The van der Waals surface area contributed by atoms with E-state index in [2.05, 4.69) is 0 Å². The standard InChI is InChI=1S/CH4O.30H2O/c1-2;;;;;;;;;;;;;;;;;;;;;;;;;;;;;;/h2H,1H3;30*1H2. The van der Waals surface area contributed by atoms with Crippen LogP contribution in [0.2, 0.25) is 0 Å². The van der Waals surface area contributed by atoms with Crippen molar-refractivity contribution in [1.29, 1.82) is 0 Å². The van der Waals surface area contributed by atoms with Gasteiger partial charge in [0.15, 0.2) is 0 Å². The molecule has 0 unspecified atom stereocenters. The van der Waals surface area contributed by atoms with Gasteiger partial charge in [-0.3, -0.25) is 0 Å². The van der Waals surface area contributed by atoms with E-state index >= 15 is 0 Å². The second-order valence-electron chi connectivity index (χ2n) is 0. The quantitative estimate of drug-likeness (QED) is 0.290. The first kappa shape index (κ1) is 473000. The maximum Gasteiger partial charge on any atom is 0.0319 e. The molecule has 32 heavy (non-hydrogen) atoms. The molecule has 0 aliphatic heterocycles. The molecule has 0 fully saturated rings. The molecule has 0 spiro atoms. The molecular formula is CH64O31. The van der Waals surface area contributed by atoms with Crippen LogP contribution in [0.25, 0.3) is 0 Å². The second kappa shape index (κ2) is 16000. The van der Waals surface area contributed by atoms with E-state index in [0.717, 1.165) is 7.11 Å². The highest BCUT2D eigenvalue weighted by atomic mass is 16.2. The Morgan fingerprint density at radius 1 is 0.125 bits per heavy atom. The summed E-state index contributed by atoms with van der Waals surface area (Å²) in [6.07, 6.45) is 0. The molecule has 0 bridgehead atoms. The predicted octanol–water partition coefficient (Wildman–Crippen LogP) is -25.1. The third kappa shape index (κ3) is 14400. The van der Waals surface area contributed by atoms with E-state index in [0.29, 0.717) is 0 Å². The molecule has 0 rings (SSSR count). The van der Waals surface area contributed by atoms with E-state index in [9.17, 15) is 0 Å². The summed E-state index contributed by atoms with van der Waals surface area (Å²) in [6, 6.07) is 0. The number of hydrogen-bond donors (Lipinski definition) is 1. The fourth-order valence-corrected chi connectivity index (χ4v) is 0. The van der Waals surface area contributed by atoms with Gasteiger partial charge in [-0.1, -0.05) is 0 Å². The van der Waals surface area contributed by atoms with Crippen LogP contribution < -0.4 is 0 Å². The third-order valence-electron chi connectivity index (χ3n) is 0. The first-order valence-corrected chi connectivity index (χ1v) is 0.447. The van der Waals surface area contributed by atoms with Gasteiger partial charge < -0.3 is 169 Å². The highest BCUT2D eigenvalue weighted by Crippen LogP contribution is 0.755. The lowest BCUT2D eigenvalue weighted by Gasteiger charge is -1.21. The van der Waals surface area contributed by atoms with Gasteiger partial charge in [0.25, 0.3) is 0 Å². The Morgan fingerprint density at radius 3 is 0.125 bits per heavy atom. The number of hydrogen-bond acceptors (Lipinski definition) is 1. The minimum Gasteiger partial charge on any atom is -0.412 e. The number of aliphatic hydroxyl groups excluding tert-OH is 1. The molecule has 0 saturated heterocycles. The normalized spacial score (nSPS) is 0.188. The highest BCUT2D eigenvalue weighted by molar-refractivity contribution is 3.18. The Hall–Kier alpha value is -1.24. The van der Waals surface area contributed by atoms with E-state index < -0.39 is 0 Å². The topological polar surface area (TPSA) is 965 Å². The Morgan fingerprint density at radius 2 is 0.125 bits per heavy atom. The van der Waals surface area contributed by atoms with Gasteiger partial charge in [-0.2, -0.15) is 0 Å². The van der Waals surface area contributed by atoms with E-state index in [1.165, 1.54) is 0 Å². The van der Waals surface area contributed by atoms with Gasteiger partial charge in [-0.05, 0) is 0 Å². The molecule has 0 aromatic carbocycles. The molecule has 0 aliphatic carbocycles. The van der Waals surface area contributed by atoms with Gasteiger partial charge in [-0.25, -0.2) is 0 Å². The summed E-state index contributed by atoms with van der Waals surface area (Å²) in [5.74, 6) is 0. The first-order valence-electron chi connectivity index (χ1n) is 0.447. The molecule has 0 aliphatic rings. The fraction of sp³-hybridized carbons (Fsp3) is 1.00. The van der Waals surface area contributed by atoms with Crippen molar-refractivity contribution in [2.45, 2.75) is 0 Å². The van der Waals surface area contributed by atoms with Crippen molar-refractivity contribution in [1.82, 2.24) is 0 Å². The molecule has 0 radical (unpaired) electrons. The zero-order valence-electron chi connectivity index (χ0n) is 16.4. The zero-order chi connectivity index (χ0) is 2.00. The smallest absolute Gasteiger partial charge is 0.0319 e. The molecular weight excluding hydrogens is 508 g/mol. The van der Waals surface area contributed by atoms with Crippen molar-refractivity contribution < 1.29 is 169 Å². The van der Waals surface area contributed by atoms with Crippen LogP contribution >= 0.6 is 0 Å². The fourth-order valence-electron chi connectivity index (χ4n) is 0. The van der Waals surface area contributed by atoms with Crippen molar-refractivity contribution >= 4 is 0 Å². The molecule has 0 heterocycles. The average molecular weight is 572 g/mol. The minimum atomic E-state index is 0. The lowest BCUT2D eigenvalue weighted by Crippen LogP contribution is -1.25. The first-order chi connectivity index (χ1) is 1.00. The van der Waals surface area contributed by atoms with E-state index in [1.807, 2.05) is 0 Å². The molecule has 61 N–H and O–H groups in total. The van der Waals surface area contributed by atoms with Crippen LogP contribution in [0.1, 0.15) is 0 Å². The van der Waals surface area contributed by atoms with Crippen molar-refractivity contribution in [3.8, 4) is 0 Å². The summed E-state index contributed by atoms with van der Waals surface area (Å²) in [5, 5.41) is 7.00. The zero-order valence-corrected chi connectivity index (χ0v) is 16.4. The van der Waals surface area contributed by atoms with Crippen LogP contribution in [-0.4, -0.2) is 177 Å². The van der Waals surface area contributed by atoms with Crippen molar-refractivity contribution in [3.63, 3.8) is 0 Å². The van der Waals surface area contributed by atoms with Crippen LogP contribution in [0.5, 0.6) is 0 Å². The summed E-state index contributed by atoms with van der Waals surface area (Å²) < 4.78 is 0.